The fourth-order valence-corrected chi connectivity index (χ4v) is 2.15. The smallest absolute Gasteiger partial charge is 0.338 e. The molecule has 29 heavy (non-hydrogen) atoms. The Kier molecular flexibility index (Phi) is 11.8. The van der Waals surface area contributed by atoms with E-state index in [9.17, 15) is 14.4 Å². The topological polar surface area (TPSA) is 141 Å². The van der Waals surface area contributed by atoms with Crippen molar-refractivity contribution in [2.24, 2.45) is 11.8 Å². The van der Waals surface area contributed by atoms with Crippen LogP contribution in [0.2, 0.25) is 0 Å². The van der Waals surface area contributed by atoms with E-state index in [-0.39, 0.29) is 12.5 Å². The largest absolute Gasteiger partial charge is 0.481 e. The van der Waals surface area contributed by atoms with Crippen molar-refractivity contribution in [3.05, 3.63) is 35.4 Å². The minimum Gasteiger partial charge on any atom is -0.481 e. The maximum atomic E-state index is 10.9. The molecule has 0 saturated carbocycles. The highest BCUT2D eigenvalue weighted by Gasteiger charge is 2.31. The Hall–Kier alpha value is -2.45. The van der Waals surface area contributed by atoms with Crippen LogP contribution in [0.1, 0.15) is 51.7 Å². The normalized spacial score (nSPS) is 13.8. The molecule has 1 aromatic carbocycles. The molecule has 8 nitrogen and oxygen atoms in total. The Morgan fingerprint density at radius 3 is 1.72 bits per heavy atom. The summed E-state index contributed by atoms with van der Waals surface area (Å²) in [7, 11) is 0. The van der Waals surface area contributed by atoms with Crippen LogP contribution < -0.4 is 0 Å². The minimum absolute atomic E-state index is 0.0717. The van der Waals surface area contributed by atoms with Gasteiger partial charge in [0.2, 0.25) is 0 Å². The lowest BCUT2D eigenvalue weighted by Gasteiger charge is -2.14. The van der Waals surface area contributed by atoms with Gasteiger partial charge in [-0.15, -0.1) is 0 Å². The number of rotatable bonds is 9. The number of carboxylic acid groups (broad SMARTS) is 2. The average Bonchev–Trinajstić information content (AvgIpc) is 2.64. The molecule has 0 radical (unpaired) electrons. The van der Waals surface area contributed by atoms with Crippen LogP contribution in [0.3, 0.4) is 0 Å². The van der Waals surface area contributed by atoms with Crippen LogP contribution in [0.5, 0.6) is 0 Å². The summed E-state index contributed by atoms with van der Waals surface area (Å²) >= 11 is 0. The van der Waals surface area contributed by atoms with Crippen LogP contribution in [0, 0.1) is 11.8 Å². The lowest BCUT2D eigenvalue weighted by molar-refractivity contribution is -0.170. The number of benzene rings is 1. The van der Waals surface area contributed by atoms with Gasteiger partial charge >= 0.3 is 17.9 Å². The summed E-state index contributed by atoms with van der Waals surface area (Å²) in [5.74, 6) is -3.28. The van der Waals surface area contributed by atoms with E-state index in [0.717, 1.165) is 12.0 Å². The fraction of sp³-hybridized carbons (Fsp3) is 0.571. The number of aliphatic carboxylic acids is 2. The van der Waals surface area contributed by atoms with E-state index in [2.05, 4.69) is 18.6 Å². The molecule has 0 aliphatic carbocycles. The van der Waals surface area contributed by atoms with E-state index >= 15 is 0 Å². The zero-order valence-corrected chi connectivity index (χ0v) is 17.5. The number of carbonyl (C=O) groups excluding carboxylic acids is 1. The van der Waals surface area contributed by atoms with Gasteiger partial charge in [-0.25, -0.2) is 9.59 Å². The molecule has 0 saturated heterocycles. The Balaban J connectivity index is 0.000000543. The summed E-state index contributed by atoms with van der Waals surface area (Å²) in [4.78, 5) is 31.8. The number of hydrogen-bond acceptors (Lipinski definition) is 6. The van der Waals surface area contributed by atoms with E-state index in [0.29, 0.717) is 5.92 Å². The zero-order valence-electron chi connectivity index (χ0n) is 17.5. The molecular weight excluding hydrogens is 380 g/mol. The standard InChI is InChI=1S/C13H18O2.C8H14O6/c1-9(2)8-11-4-6-12(7-5-11)10(3)13(14)15;1-4(2)3-14-8(13)6(10)5(9)7(11)12/h4-7,9-10H,8H2,1-3H3,(H,14,15);4-6,9-10H,3H2,1-2H3,(H,11,12). The van der Waals surface area contributed by atoms with Crippen molar-refractivity contribution in [1.82, 2.24) is 0 Å². The molecule has 0 aliphatic heterocycles. The third-order valence-electron chi connectivity index (χ3n) is 3.85. The van der Waals surface area contributed by atoms with Gasteiger partial charge in [-0.3, -0.25) is 4.79 Å². The van der Waals surface area contributed by atoms with Crippen LogP contribution in [0.25, 0.3) is 0 Å². The summed E-state index contributed by atoms with van der Waals surface area (Å²) < 4.78 is 4.52. The highest BCUT2D eigenvalue weighted by molar-refractivity contribution is 5.84. The van der Waals surface area contributed by atoms with E-state index in [1.165, 1.54) is 5.56 Å². The van der Waals surface area contributed by atoms with Gasteiger partial charge in [-0.05, 0) is 36.3 Å². The van der Waals surface area contributed by atoms with E-state index in [1.54, 1.807) is 20.8 Å². The number of aliphatic hydroxyl groups excluding tert-OH is 2. The number of aliphatic hydroxyl groups is 2. The maximum absolute atomic E-state index is 10.9. The van der Waals surface area contributed by atoms with Gasteiger partial charge in [-0.2, -0.15) is 0 Å². The Morgan fingerprint density at radius 1 is 0.828 bits per heavy atom. The summed E-state index contributed by atoms with van der Waals surface area (Å²) in [5, 5.41) is 34.9. The van der Waals surface area contributed by atoms with Crippen LogP contribution in [0.15, 0.2) is 24.3 Å². The van der Waals surface area contributed by atoms with Crippen molar-refractivity contribution >= 4 is 17.9 Å². The highest BCUT2D eigenvalue weighted by Crippen LogP contribution is 2.17. The lowest BCUT2D eigenvalue weighted by atomic mass is 9.97. The van der Waals surface area contributed by atoms with Gasteiger partial charge in [0.15, 0.2) is 12.2 Å². The van der Waals surface area contributed by atoms with E-state index < -0.39 is 36.0 Å². The number of esters is 1. The van der Waals surface area contributed by atoms with Gasteiger partial charge in [0.25, 0.3) is 0 Å². The van der Waals surface area contributed by atoms with E-state index in [4.69, 9.17) is 20.4 Å². The first kappa shape index (κ1) is 26.6. The van der Waals surface area contributed by atoms with Crippen molar-refractivity contribution in [3.8, 4) is 0 Å². The van der Waals surface area contributed by atoms with Gasteiger partial charge < -0.3 is 25.2 Å². The molecule has 8 heteroatoms. The first-order valence-electron chi connectivity index (χ1n) is 9.43. The number of carbonyl (C=O) groups is 3. The number of ether oxygens (including phenoxy) is 1. The quantitative estimate of drug-likeness (QED) is 0.452. The second kappa shape index (κ2) is 12.9. The molecule has 0 aromatic heterocycles. The highest BCUT2D eigenvalue weighted by atomic mass is 16.6. The van der Waals surface area contributed by atoms with Crippen molar-refractivity contribution in [1.29, 1.82) is 0 Å². The summed E-state index contributed by atoms with van der Waals surface area (Å²) in [5.41, 5.74) is 2.14. The molecule has 0 spiro atoms. The molecule has 0 bridgehead atoms. The monoisotopic (exact) mass is 412 g/mol. The second-order valence-corrected chi connectivity index (χ2v) is 7.65. The number of carboxylic acids is 2. The third kappa shape index (κ3) is 10.6. The maximum Gasteiger partial charge on any atom is 0.338 e. The SMILES string of the molecule is CC(C)COC(=O)C(O)C(O)C(=O)O.CC(C)Cc1ccc(C(C)C(=O)O)cc1. The predicted molar refractivity (Wildman–Crippen MR) is 106 cm³/mol. The Bertz CT molecular complexity index is 651. The summed E-state index contributed by atoms with van der Waals surface area (Å²) in [6.45, 7) is 9.70. The lowest BCUT2D eigenvalue weighted by Crippen LogP contribution is -2.40. The van der Waals surface area contributed by atoms with Crippen LogP contribution in [-0.2, 0) is 25.5 Å². The minimum atomic E-state index is -2.14. The van der Waals surface area contributed by atoms with E-state index in [1.807, 2.05) is 24.3 Å². The molecule has 4 N–H and O–H groups in total. The van der Waals surface area contributed by atoms with Crippen LogP contribution in [0.4, 0.5) is 0 Å². The third-order valence-corrected chi connectivity index (χ3v) is 3.85. The molecule has 0 fully saturated rings. The Labute approximate surface area is 171 Å². The molecule has 0 aliphatic rings. The second-order valence-electron chi connectivity index (χ2n) is 7.65. The first-order chi connectivity index (χ1) is 13.4. The van der Waals surface area contributed by atoms with Gasteiger partial charge in [-0.1, -0.05) is 52.0 Å². The van der Waals surface area contributed by atoms with Crippen LogP contribution >= 0.6 is 0 Å². The summed E-state index contributed by atoms with van der Waals surface area (Å²) in [6, 6.07) is 7.87. The Morgan fingerprint density at radius 2 is 1.34 bits per heavy atom. The average molecular weight is 412 g/mol. The zero-order chi connectivity index (χ0) is 22.7. The molecule has 3 unspecified atom stereocenters. The molecule has 1 rings (SSSR count). The fourth-order valence-electron chi connectivity index (χ4n) is 2.15. The molecular formula is C21H32O8. The van der Waals surface area contributed by atoms with Crippen molar-refractivity contribution in [3.63, 3.8) is 0 Å². The van der Waals surface area contributed by atoms with Crippen LogP contribution in [-0.4, -0.2) is 57.1 Å². The number of hydrogen-bond donors (Lipinski definition) is 4. The molecule has 0 amide bonds. The molecule has 164 valence electrons. The van der Waals surface area contributed by atoms with Gasteiger partial charge in [0, 0.05) is 0 Å². The predicted octanol–water partition coefficient (Wildman–Crippen LogP) is 2.07. The molecule has 1 aromatic rings. The van der Waals surface area contributed by atoms with Crippen molar-refractivity contribution < 1.29 is 39.5 Å². The van der Waals surface area contributed by atoms with Crippen molar-refractivity contribution in [2.75, 3.05) is 6.61 Å². The molecule has 0 heterocycles. The first-order valence-corrected chi connectivity index (χ1v) is 9.43. The summed E-state index contributed by atoms with van der Waals surface area (Å²) in [6.07, 6.45) is -3.14. The molecule has 3 atom stereocenters. The van der Waals surface area contributed by atoms with Crippen molar-refractivity contribution in [2.45, 2.75) is 59.2 Å². The van der Waals surface area contributed by atoms with Gasteiger partial charge in [0.1, 0.15) is 0 Å². The van der Waals surface area contributed by atoms with Gasteiger partial charge in [0.05, 0.1) is 12.5 Å².